The molecule has 11 rings (SSSR count). The fraction of sp³-hybridized carbons (Fsp3) is 0.507. The van der Waals surface area contributed by atoms with Gasteiger partial charge in [0.1, 0.15) is 40.1 Å². The molecule has 4 aliphatic heterocycles. The Morgan fingerprint density at radius 2 is 1.01 bits per heavy atom. The van der Waals surface area contributed by atoms with Crippen LogP contribution in [0, 0.1) is 46.9 Å². The smallest absolute Gasteiger partial charge is 0.410 e. The summed E-state index contributed by atoms with van der Waals surface area (Å²) < 4.78 is 72.5. The van der Waals surface area contributed by atoms with Crippen molar-refractivity contribution in [2.75, 3.05) is 37.6 Å². The van der Waals surface area contributed by atoms with E-state index < -0.39 is 22.6 Å². The number of carbonyl (C=O) groups is 5. The molecule has 3 aromatic heterocycles. The molecule has 4 fully saturated rings. The summed E-state index contributed by atoms with van der Waals surface area (Å²) in [7, 11) is 0. The van der Waals surface area contributed by atoms with E-state index in [2.05, 4.69) is 58.9 Å². The highest BCUT2D eigenvalue weighted by atomic mass is 79.9. The van der Waals surface area contributed by atoms with E-state index >= 15 is 0 Å². The number of fused-ring (bicyclic) bond motifs is 3. The predicted octanol–water partition coefficient (Wildman–Crippen LogP) is 17.1. The van der Waals surface area contributed by atoms with Crippen LogP contribution in [0.25, 0.3) is 32.7 Å². The molecule has 0 spiro atoms. The zero-order chi connectivity index (χ0) is 70.3. The van der Waals surface area contributed by atoms with E-state index in [0.717, 1.165) is 89.4 Å². The summed E-state index contributed by atoms with van der Waals surface area (Å²) >= 11 is 3.37. The van der Waals surface area contributed by atoms with E-state index in [9.17, 15) is 41.5 Å². The molecule has 3 N–H and O–H groups in total. The molecule has 4 amide bonds. The van der Waals surface area contributed by atoms with Crippen molar-refractivity contribution in [2.24, 2.45) is 23.7 Å². The molecule has 4 saturated heterocycles. The fourth-order valence-electron chi connectivity index (χ4n) is 13.1. The molecule has 0 bridgehead atoms. The number of aromatic amines is 2. The van der Waals surface area contributed by atoms with E-state index in [1.807, 2.05) is 97.8 Å². The molecular formula is C75H97BrF4N8O8. The topological polar surface area (TPSA) is 175 Å². The van der Waals surface area contributed by atoms with Crippen molar-refractivity contribution in [2.45, 2.75) is 190 Å². The molecule has 96 heavy (non-hydrogen) atoms. The molecular weight excluding hydrogens is 1300 g/mol. The minimum atomic E-state index is -0.549. The second-order valence-electron chi connectivity index (χ2n) is 29.2. The first-order valence-corrected chi connectivity index (χ1v) is 34.3. The van der Waals surface area contributed by atoms with Crippen LogP contribution in [0.3, 0.4) is 0 Å². The van der Waals surface area contributed by atoms with E-state index in [0.29, 0.717) is 53.1 Å². The Morgan fingerprint density at radius 1 is 0.562 bits per heavy atom. The summed E-state index contributed by atoms with van der Waals surface area (Å²) in [6.45, 7) is 31.7. The Hall–Kier alpha value is -7.65. The van der Waals surface area contributed by atoms with Gasteiger partial charge in [-0.25, -0.2) is 31.9 Å². The van der Waals surface area contributed by atoms with E-state index in [1.165, 1.54) is 77.8 Å². The molecule has 16 nitrogen and oxygen atoms in total. The monoisotopic (exact) mass is 1390 g/mol. The molecule has 0 aliphatic carbocycles. The number of hydrogen-bond donors (Lipinski definition) is 3. The number of H-pyrrole nitrogens is 2. The van der Waals surface area contributed by atoms with Crippen LogP contribution in [-0.2, 0) is 38.3 Å². The lowest BCUT2D eigenvalue weighted by molar-refractivity contribution is -0.116. The number of aromatic nitrogens is 3. The van der Waals surface area contributed by atoms with Crippen LogP contribution in [-0.4, -0.2) is 133 Å². The van der Waals surface area contributed by atoms with Crippen LogP contribution in [0.2, 0.25) is 0 Å². The molecule has 0 saturated carbocycles. The number of hydrogen-bond acceptors (Lipinski definition) is 9. The van der Waals surface area contributed by atoms with E-state index in [4.69, 9.17) is 14.2 Å². The van der Waals surface area contributed by atoms with Crippen molar-refractivity contribution in [3.8, 4) is 0 Å². The number of ether oxygens (including phenoxy) is 3. The maximum absolute atomic E-state index is 13.7. The van der Waals surface area contributed by atoms with Crippen LogP contribution in [0.15, 0.2) is 108 Å². The standard InChI is InChI=1S/C21H28BrFN2O3.C21H27FN2O3.C19H25FN2O2.C14H17FN2/c1-14-10-12-25(20(27)28-21(3,4)5)18(14)7-6-11-24(15(2)26)19-13-16(23)8-9-17(19)22;1-13-8-9-23(20(26)27-21(3,4)5)18(13)10-15-12-24(14(2)25)19-11-16(22)6-7-17(15)19;1-12-7-8-22(18(23)24-19(2,3)4)17(12)9-13-11-21-16-10-14(20)5-6-15(13)16;1-9-4-5-16-13(9)6-10-8-17-14-7-11(15)2-3-12(10)14/h6-9,13-14,18H,10-12H2,1-5H3;6-7,11-13,18H,8-10H2,1-5H3;5-6,10-12,17,21H,7-9H2,1-4H3;2-3,7-9,13,16-17H,4-6H2,1H3/b7-6+;;;/t14-,18+;13-,18+;12-,17+;9-,13+/m0000/s1. The molecule has 8 atom stereocenters. The van der Waals surface area contributed by atoms with Gasteiger partial charge in [0.15, 0.2) is 0 Å². The van der Waals surface area contributed by atoms with E-state index in [1.54, 1.807) is 40.3 Å². The van der Waals surface area contributed by atoms with Crippen molar-refractivity contribution in [1.29, 1.82) is 0 Å². The van der Waals surface area contributed by atoms with Gasteiger partial charge in [-0.2, -0.15) is 0 Å². The van der Waals surface area contributed by atoms with Crippen molar-refractivity contribution < 1.29 is 55.7 Å². The zero-order valence-electron chi connectivity index (χ0n) is 58.3. The lowest BCUT2D eigenvalue weighted by Gasteiger charge is -2.30. The summed E-state index contributed by atoms with van der Waals surface area (Å²) in [6.07, 6.45) is 15.0. The first-order chi connectivity index (χ1) is 45.0. The van der Waals surface area contributed by atoms with Crippen LogP contribution >= 0.6 is 15.9 Å². The normalized spacial score (nSPS) is 21.2. The van der Waals surface area contributed by atoms with Gasteiger partial charge in [-0.05, 0) is 243 Å². The Bertz CT molecular complexity index is 3920. The second-order valence-corrected chi connectivity index (χ2v) is 30.1. The first-order valence-electron chi connectivity index (χ1n) is 33.5. The third-order valence-corrected chi connectivity index (χ3v) is 18.9. The number of rotatable bonds is 10. The van der Waals surface area contributed by atoms with Gasteiger partial charge in [-0.3, -0.25) is 14.2 Å². The largest absolute Gasteiger partial charge is 0.444 e. The second kappa shape index (κ2) is 31.3. The number of carbonyl (C=O) groups excluding carboxylic acids is 5. The minimum absolute atomic E-state index is 0.0177. The minimum Gasteiger partial charge on any atom is -0.444 e. The van der Waals surface area contributed by atoms with Gasteiger partial charge in [0, 0.05) is 108 Å². The maximum Gasteiger partial charge on any atom is 0.410 e. The Labute approximate surface area is 570 Å². The number of likely N-dealkylation sites (tertiary alicyclic amines) is 3. The van der Waals surface area contributed by atoms with Gasteiger partial charge in [-0.1, -0.05) is 39.8 Å². The summed E-state index contributed by atoms with van der Waals surface area (Å²) in [6, 6.07) is 19.0. The summed E-state index contributed by atoms with van der Waals surface area (Å²) in [5.41, 5.74) is 4.46. The highest BCUT2D eigenvalue weighted by molar-refractivity contribution is 9.10. The molecule has 4 aromatic carbocycles. The molecule has 21 heteroatoms. The van der Waals surface area contributed by atoms with Gasteiger partial charge in [0.2, 0.25) is 11.8 Å². The lowest BCUT2D eigenvalue weighted by atomic mass is 9.95. The first kappa shape index (κ1) is 74.1. The maximum atomic E-state index is 13.7. The number of amides is 4. The molecule has 7 aromatic rings. The zero-order valence-corrected chi connectivity index (χ0v) is 59.9. The summed E-state index contributed by atoms with van der Waals surface area (Å²) in [5, 5.41) is 6.53. The number of nitrogens with one attached hydrogen (secondary N) is 3. The number of anilines is 1. The molecule has 4 aliphatic rings. The summed E-state index contributed by atoms with van der Waals surface area (Å²) in [4.78, 5) is 74.8. The molecule has 0 unspecified atom stereocenters. The van der Waals surface area contributed by atoms with Gasteiger partial charge in [0.25, 0.3) is 0 Å². The Kier molecular flexibility index (Phi) is 24.1. The molecule has 520 valence electrons. The third kappa shape index (κ3) is 19.3. The van der Waals surface area contributed by atoms with Crippen molar-refractivity contribution in [1.82, 2.24) is 34.6 Å². The highest BCUT2D eigenvalue weighted by Gasteiger charge is 2.40. The molecule has 0 radical (unpaired) electrons. The van der Waals surface area contributed by atoms with Crippen LogP contribution < -0.4 is 10.2 Å². The third-order valence-electron chi connectivity index (χ3n) is 18.3. The van der Waals surface area contributed by atoms with Crippen LogP contribution in [0.1, 0.15) is 151 Å². The quantitative estimate of drug-likeness (QED) is 0.0684. The predicted molar refractivity (Wildman–Crippen MR) is 374 cm³/mol. The Balaban J connectivity index is 0.000000166. The van der Waals surface area contributed by atoms with Crippen LogP contribution in [0.5, 0.6) is 0 Å². The van der Waals surface area contributed by atoms with Crippen molar-refractivity contribution >= 4 is 84.4 Å². The van der Waals surface area contributed by atoms with Gasteiger partial charge in [0.05, 0.1) is 17.2 Å². The average molecular weight is 1390 g/mol. The number of benzene rings is 4. The van der Waals surface area contributed by atoms with Gasteiger partial charge < -0.3 is 49.1 Å². The average Bonchev–Trinajstić information content (AvgIpc) is 1.62. The molecule has 7 heterocycles. The van der Waals surface area contributed by atoms with Gasteiger partial charge >= 0.3 is 18.3 Å². The summed E-state index contributed by atoms with van der Waals surface area (Å²) in [5.74, 6) is 0.152. The SMILES string of the molecule is CC(=O)N(C/C=C/[C@@H]1[C@@H](C)CCN1C(=O)OC(C)(C)C)c1cc(F)ccc1Br.CC(=O)n1cc(C[C@@H]2[C@@H](C)CCN2C(=O)OC(C)(C)C)c2ccc(F)cc21.C[C@H]1CCN(C(=O)OC(C)(C)C)[C@@H]1Cc1c[nH]c2cc(F)ccc12.C[C@H]1CCN[C@@H]1Cc1c[nH]c2cc(F)ccc12. The van der Waals surface area contributed by atoms with Crippen LogP contribution in [0.4, 0.5) is 37.6 Å². The van der Waals surface area contributed by atoms with Gasteiger partial charge in [-0.15, -0.1) is 0 Å². The fourth-order valence-corrected chi connectivity index (χ4v) is 13.6. The number of halogens is 5. The highest BCUT2D eigenvalue weighted by Crippen LogP contribution is 2.35. The Morgan fingerprint density at radius 3 is 1.50 bits per heavy atom. The number of nitrogens with zero attached hydrogens (tertiary/aromatic N) is 5. The van der Waals surface area contributed by atoms with Crippen molar-refractivity contribution in [3.63, 3.8) is 0 Å². The lowest BCUT2D eigenvalue weighted by Crippen LogP contribution is -2.42. The van der Waals surface area contributed by atoms with E-state index in [-0.39, 0.29) is 78.1 Å². The van der Waals surface area contributed by atoms with Crippen molar-refractivity contribution in [3.05, 3.63) is 148 Å².